The number of hydrogen-bond donors (Lipinski definition) is 2. The first kappa shape index (κ1) is 18.5. The Morgan fingerprint density at radius 3 is 2.79 bits per heavy atom. The molecule has 0 heterocycles. The molecule has 0 saturated carbocycles. The van der Waals surface area contributed by atoms with Crippen molar-refractivity contribution in [3.8, 4) is 0 Å². The summed E-state index contributed by atoms with van der Waals surface area (Å²) in [6, 6.07) is 4.18. The van der Waals surface area contributed by atoms with Crippen LogP contribution in [0.4, 0.5) is 5.69 Å². The third kappa shape index (κ3) is 5.07. The number of nitrogens with two attached hydrogens (primary N) is 1. The molecular formula is C17H24N2O4S. The summed E-state index contributed by atoms with van der Waals surface area (Å²) < 4.78 is 27.6. The molecule has 0 unspecified atom stereocenters. The highest BCUT2D eigenvalue weighted by molar-refractivity contribution is 7.89. The minimum absolute atomic E-state index is 0.111. The average molecular weight is 352 g/mol. The van der Waals surface area contributed by atoms with Crippen LogP contribution in [0.2, 0.25) is 0 Å². The van der Waals surface area contributed by atoms with E-state index >= 15 is 0 Å². The van der Waals surface area contributed by atoms with E-state index < -0.39 is 16.0 Å². The summed E-state index contributed by atoms with van der Waals surface area (Å²) in [6.07, 6.45) is 9.20. The molecule has 3 N–H and O–H groups in total. The molecule has 24 heavy (non-hydrogen) atoms. The second-order valence-electron chi connectivity index (χ2n) is 5.88. The van der Waals surface area contributed by atoms with Gasteiger partial charge in [-0.25, -0.2) is 18.4 Å². The molecule has 0 aromatic heterocycles. The predicted octanol–water partition coefficient (Wildman–Crippen LogP) is 2.81. The standard InChI is InChI=1S/C17H24N2O4S/c1-23-17(20)15-12-14(24(18,21)22)8-9-16(15)19-11-10-13-6-4-2-3-5-7-13/h6,8-9,12,19H,2-5,7,10-11H2,1H3,(H2,18,21,22). The lowest BCUT2D eigenvalue weighted by Gasteiger charge is -2.13. The van der Waals surface area contributed by atoms with Gasteiger partial charge in [0.25, 0.3) is 0 Å². The number of rotatable bonds is 6. The van der Waals surface area contributed by atoms with Gasteiger partial charge in [0.15, 0.2) is 0 Å². The van der Waals surface area contributed by atoms with Gasteiger partial charge in [-0.05, 0) is 50.3 Å². The van der Waals surface area contributed by atoms with E-state index in [2.05, 4.69) is 11.4 Å². The molecule has 132 valence electrons. The van der Waals surface area contributed by atoms with Crippen LogP contribution in [0.1, 0.15) is 48.9 Å². The molecule has 0 atom stereocenters. The van der Waals surface area contributed by atoms with Gasteiger partial charge in [0.05, 0.1) is 17.6 Å². The molecule has 0 bridgehead atoms. The Bertz CT molecular complexity index is 726. The van der Waals surface area contributed by atoms with Gasteiger partial charge in [-0.2, -0.15) is 0 Å². The Labute approximate surface area is 143 Å². The Morgan fingerprint density at radius 2 is 2.08 bits per heavy atom. The lowest BCUT2D eigenvalue weighted by atomic mass is 10.1. The molecular weight excluding hydrogens is 328 g/mol. The highest BCUT2D eigenvalue weighted by Crippen LogP contribution is 2.23. The van der Waals surface area contributed by atoms with Gasteiger partial charge in [-0.1, -0.05) is 18.1 Å². The molecule has 0 radical (unpaired) electrons. The number of hydrogen-bond acceptors (Lipinski definition) is 5. The lowest BCUT2D eigenvalue weighted by Crippen LogP contribution is -2.15. The first-order valence-electron chi connectivity index (χ1n) is 8.09. The number of carbonyl (C=O) groups is 1. The molecule has 6 nitrogen and oxygen atoms in total. The normalized spacial score (nSPS) is 15.3. The number of benzene rings is 1. The van der Waals surface area contributed by atoms with Crippen LogP contribution >= 0.6 is 0 Å². The minimum Gasteiger partial charge on any atom is -0.465 e. The first-order chi connectivity index (χ1) is 11.4. The van der Waals surface area contributed by atoms with E-state index in [1.807, 2.05) is 0 Å². The van der Waals surface area contributed by atoms with Crippen LogP contribution in [0.25, 0.3) is 0 Å². The van der Waals surface area contributed by atoms with Crippen LogP contribution in [0, 0.1) is 0 Å². The van der Waals surface area contributed by atoms with Gasteiger partial charge >= 0.3 is 5.97 Å². The maximum Gasteiger partial charge on any atom is 0.340 e. The van der Waals surface area contributed by atoms with Crippen LogP contribution in [-0.4, -0.2) is 28.0 Å². The molecule has 1 aliphatic carbocycles. The zero-order valence-electron chi connectivity index (χ0n) is 13.9. The van der Waals surface area contributed by atoms with Gasteiger partial charge in [-0.3, -0.25) is 0 Å². The topological polar surface area (TPSA) is 98.5 Å². The van der Waals surface area contributed by atoms with Gasteiger partial charge < -0.3 is 10.1 Å². The first-order valence-corrected chi connectivity index (χ1v) is 9.63. The number of carbonyl (C=O) groups excluding carboxylic acids is 1. The third-order valence-corrected chi connectivity index (χ3v) is 5.03. The Hall–Kier alpha value is -1.86. The van der Waals surface area contributed by atoms with E-state index in [9.17, 15) is 13.2 Å². The van der Waals surface area contributed by atoms with E-state index in [-0.39, 0.29) is 10.5 Å². The van der Waals surface area contributed by atoms with Crippen molar-refractivity contribution < 1.29 is 17.9 Å². The quantitative estimate of drug-likeness (QED) is 0.606. The van der Waals surface area contributed by atoms with Crippen molar-refractivity contribution in [2.24, 2.45) is 5.14 Å². The van der Waals surface area contributed by atoms with E-state index in [4.69, 9.17) is 9.88 Å². The molecule has 7 heteroatoms. The monoisotopic (exact) mass is 352 g/mol. The van der Waals surface area contributed by atoms with Crippen LogP contribution in [0.15, 0.2) is 34.7 Å². The van der Waals surface area contributed by atoms with E-state index in [0.29, 0.717) is 12.2 Å². The number of ether oxygens (including phenoxy) is 1. The van der Waals surface area contributed by atoms with Gasteiger partial charge in [-0.15, -0.1) is 0 Å². The second kappa shape index (κ2) is 8.30. The molecule has 1 aromatic rings. The maximum atomic E-state index is 11.9. The molecule has 0 spiro atoms. The van der Waals surface area contributed by atoms with Crippen molar-refractivity contribution in [2.75, 3.05) is 19.0 Å². The summed E-state index contributed by atoms with van der Waals surface area (Å²) in [7, 11) is -2.61. The number of methoxy groups -OCH3 is 1. The van der Waals surface area contributed by atoms with Crippen LogP contribution in [0.5, 0.6) is 0 Å². The summed E-state index contributed by atoms with van der Waals surface area (Å²) in [6.45, 7) is 0.671. The average Bonchev–Trinajstić information content (AvgIpc) is 2.82. The third-order valence-electron chi connectivity index (χ3n) is 4.12. The van der Waals surface area contributed by atoms with Crippen molar-refractivity contribution in [1.82, 2.24) is 0 Å². The van der Waals surface area contributed by atoms with Crippen LogP contribution in [0.3, 0.4) is 0 Å². The number of nitrogens with one attached hydrogen (secondary N) is 1. The van der Waals surface area contributed by atoms with Crippen LogP contribution in [-0.2, 0) is 14.8 Å². The summed E-state index contributed by atoms with van der Waals surface area (Å²) in [4.78, 5) is 11.8. The summed E-state index contributed by atoms with van der Waals surface area (Å²) in [5.41, 5.74) is 2.14. The summed E-state index contributed by atoms with van der Waals surface area (Å²) in [5.74, 6) is -0.600. The Kier molecular flexibility index (Phi) is 6.39. The second-order valence-corrected chi connectivity index (χ2v) is 7.44. The van der Waals surface area contributed by atoms with E-state index in [0.717, 1.165) is 19.3 Å². The van der Waals surface area contributed by atoms with Crippen LogP contribution < -0.4 is 10.5 Å². The maximum absolute atomic E-state index is 11.9. The summed E-state index contributed by atoms with van der Waals surface area (Å²) in [5, 5.41) is 8.32. The Balaban J connectivity index is 2.11. The minimum atomic E-state index is -3.87. The largest absolute Gasteiger partial charge is 0.465 e. The molecule has 1 aromatic carbocycles. The lowest BCUT2D eigenvalue weighted by molar-refractivity contribution is 0.0601. The number of anilines is 1. The number of esters is 1. The zero-order valence-corrected chi connectivity index (χ0v) is 14.7. The van der Waals surface area contributed by atoms with Gasteiger partial charge in [0.1, 0.15) is 0 Å². The SMILES string of the molecule is COC(=O)c1cc(S(N)(=O)=O)ccc1NCCC1=CCCCCC1. The zero-order chi connectivity index (χ0) is 17.6. The smallest absolute Gasteiger partial charge is 0.340 e. The van der Waals surface area contributed by atoms with Crippen molar-refractivity contribution in [1.29, 1.82) is 0 Å². The molecule has 0 amide bonds. The fourth-order valence-corrected chi connectivity index (χ4v) is 3.34. The van der Waals surface area contributed by atoms with Gasteiger partial charge in [0, 0.05) is 12.2 Å². The molecule has 2 rings (SSSR count). The van der Waals surface area contributed by atoms with Crippen molar-refractivity contribution >= 4 is 21.7 Å². The molecule has 0 saturated heterocycles. The number of primary sulfonamides is 1. The van der Waals surface area contributed by atoms with Crippen molar-refractivity contribution in [3.05, 3.63) is 35.4 Å². The Morgan fingerprint density at radius 1 is 1.29 bits per heavy atom. The number of allylic oxidation sites excluding steroid dienone is 1. The fraction of sp³-hybridized carbons (Fsp3) is 0.471. The molecule has 0 fully saturated rings. The predicted molar refractivity (Wildman–Crippen MR) is 93.4 cm³/mol. The molecule has 0 aliphatic heterocycles. The summed E-state index contributed by atoms with van der Waals surface area (Å²) >= 11 is 0. The number of sulfonamides is 1. The highest BCUT2D eigenvalue weighted by atomic mass is 32.2. The van der Waals surface area contributed by atoms with Crippen molar-refractivity contribution in [2.45, 2.75) is 43.4 Å². The van der Waals surface area contributed by atoms with Gasteiger partial charge in [0.2, 0.25) is 10.0 Å². The fourth-order valence-electron chi connectivity index (χ4n) is 2.80. The van der Waals surface area contributed by atoms with E-state index in [1.165, 1.54) is 44.1 Å². The molecule has 1 aliphatic rings. The van der Waals surface area contributed by atoms with Crippen molar-refractivity contribution in [3.63, 3.8) is 0 Å². The van der Waals surface area contributed by atoms with E-state index in [1.54, 1.807) is 6.07 Å². The highest BCUT2D eigenvalue weighted by Gasteiger charge is 2.17.